The highest BCUT2D eigenvalue weighted by Gasteiger charge is 2.12. The van der Waals surface area contributed by atoms with Crippen molar-refractivity contribution in [2.24, 2.45) is 4.99 Å². The Hall–Kier alpha value is -1.11. The summed E-state index contributed by atoms with van der Waals surface area (Å²) in [6, 6.07) is 6.45. The fourth-order valence-electron chi connectivity index (χ4n) is 2.01. The molecule has 1 nitrogen and oxygen atoms in total. The summed E-state index contributed by atoms with van der Waals surface area (Å²) in [5.41, 5.74) is 5.43. The maximum atomic E-state index is 4.54. The second kappa shape index (κ2) is 3.33. The first-order chi connectivity index (χ1) is 6.29. The van der Waals surface area contributed by atoms with E-state index in [9.17, 15) is 0 Å². The molecule has 0 atom stereocenters. The maximum absolute atomic E-state index is 4.54. The van der Waals surface area contributed by atoms with E-state index in [1.165, 1.54) is 28.8 Å². The molecule has 68 valence electrons. The zero-order valence-electron chi connectivity index (χ0n) is 8.30. The van der Waals surface area contributed by atoms with E-state index in [0.29, 0.717) is 0 Å². The van der Waals surface area contributed by atoms with Gasteiger partial charge in [-0.05, 0) is 37.8 Å². The molecule has 0 fully saturated rings. The minimum Gasteiger partial charge on any atom is -0.289 e. The zero-order valence-corrected chi connectivity index (χ0v) is 8.30. The van der Waals surface area contributed by atoms with Gasteiger partial charge in [0, 0.05) is 17.8 Å². The van der Waals surface area contributed by atoms with Crippen molar-refractivity contribution in [3.8, 4) is 0 Å². The van der Waals surface area contributed by atoms with Crippen molar-refractivity contribution in [1.29, 1.82) is 0 Å². The van der Waals surface area contributed by atoms with Gasteiger partial charge in [-0.2, -0.15) is 0 Å². The van der Waals surface area contributed by atoms with Gasteiger partial charge in [-0.1, -0.05) is 18.2 Å². The van der Waals surface area contributed by atoms with Gasteiger partial charge in [0.1, 0.15) is 0 Å². The SMILES string of the molecule is Cc1cccc(C)c1C1=NCCC1. The van der Waals surface area contributed by atoms with Gasteiger partial charge < -0.3 is 0 Å². The van der Waals surface area contributed by atoms with Crippen LogP contribution < -0.4 is 0 Å². The smallest absolute Gasteiger partial charge is 0.0426 e. The Labute approximate surface area is 79.5 Å². The Kier molecular flexibility index (Phi) is 2.17. The lowest BCUT2D eigenvalue weighted by molar-refractivity contribution is 0.951. The van der Waals surface area contributed by atoms with Crippen LogP contribution >= 0.6 is 0 Å². The van der Waals surface area contributed by atoms with Crippen LogP contribution in [0.25, 0.3) is 0 Å². The molecule has 1 heterocycles. The Morgan fingerprint density at radius 2 is 1.85 bits per heavy atom. The second-order valence-electron chi connectivity index (χ2n) is 3.70. The molecule has 1 heteroatoms. The Morgan fingerprint density at radius 3 is 2.38 bits per heavy atom. The number of rotatable bonds is 1. The van der Waals surface area contributed by atoms with Gasteiger partial charge >= 0.3 is 0 Å². The van der Waals surface area contributed by atoms with E-state index in [2.05, 4.69) is 37.0 Å². The van der Waals surface area contributed by atoms with Crippen LogP contribution in [0.1, 0.15) is 29.5 Å². The average Bonchev–Trinajstić information content (AvgIpc) is 2.57. The van der Waals surface area contributed by atoms with Gasteiger partial charge in [-0.3, -0.25) is 4.99 Å². The molecule has 1 aliphatic rings. The number of benzene rings is 1. The van der Waals surface area contributed by atoms with Crippen LogP contribution in [0.5, 0.6) is 0 Å². The van der Waals surface area contributed by atoms with E-state index < -0.39 is 0 Å². The van der Waals surface area contributed by atoms with Crippen LogP contribution in [0, 0.1) is 13.8 Å². The number of hydrogen-bond donors (Lipinski definition) is 0. The highest BCUT2D eigenvalue weighted by Crippen LogP contribution is 2.19. The first kappa shape index (κ1) is 8.49. The van der Waals surface area contributed by atoms with E-state index >= 15 is 0 Å². The fraction of sp³-hybridized carbons (Fsp3) is 0.417. The lowest BCUT2D eigenvalue weighted by Crippen LogP contribution is -2.02. The lowest BCUT2D eigenvalue weighted by Gasteiger charge is -2.08. The number of nitrogens with zero attached hydrogens (tertiary/aromatic N) is 1. The molecule has 1 aromatic carbocycles. The summed E-state index contributed by atoms with van der Waals surface area (Å²) in [6.07, 6.45) is 2.38. The predicted octanol–water partition coefficient (Wildman–Crippen LogP) is 2.89. The molecule has 0 saturated carbocycles. The summed E-state index contributed by atoms with van der Waals surface area (Å²) < 4.78 is 0. The van der Waals surface area contributed by atoms with Crippen LogP contribution in [-0.4, -0.2) is 12.3 Å². The van der Waals surface area contributed by atoms with Gasteiger partial charge in [0.25, 0.3) is 0 Å². The largest absolute Gasteiger partial charge is 0.289 e. The topological polar surface area (TPSA) is 12.4 Å². The summed E-state index contributed by atoms with van der Waals surface area (Å²) in [4.78, 5) is 4.54. The van der Waals surface area contributed by atoms with E-state index in [-0.39, 0.29) is 0 Å². The molecule has 0 aliphatic carbocycles. The molecule has 0 N–H and O–H groups in total. The molecule has 0 bridgehead atoms. The first-order valence-electron chi connectivity index (χ1n) is 4.89. The standard InChI is InChI=1S/C12H15N/c1-9-5-3-6-10(2)12(9)11-7-4-8-13-11/h3,5-6H,4,7-8H2,1-2H3. The summed E-state index contributed by atoms with van der Waals surface area (Å²) in [6.45, 7) is 5.36. The Bertz CT molecular complexity index is 330. The minimum atomic E-state index is 1.02. The predicted molar refractivity (Wildman–Crippen MR) is 56.6 cm³/mol. The number of aliphatic imine (C=N–C) groups is 1. The summed E-state index contributed by atoms with van der Waals surface area (Å²) in [5, 5.41) is 0. The molecule has 0 aromatic heterocycles. The quantitative estimate of drug-likeness (QED) is 0.619. The third-order valence-corrected chi connectivity index (χ3v) is 2.64. The normalized spacial score (nSPS) is 16.0. The van der Waals surface area contributed by atoms with Crippen molar-refractivity contribution in [3.63, 3.8) is 0 Å². The van der Waals surface area contributed by atoms with Gasteiger partial charge in [-0.25, -0.2) is 0 Å². The van der Waals surface area contributed by atoms with Crippen LogP contribution in [0.3, 0.4) is 0 Å². The van der Waals surface area contributed by atoms with E-state index in [1.54, 1.807) is 0 Å². The van der Waals surface area contributed by atoms with Crippen LogP contribution in [-0.2, 0) is 0 Å². The molecule has 1 aliphatic heterocycles. The average molecular weight is 173 g/mol. The van der Waals surface area contributed by atoms with Crippen molar-refractivity contribution >= 4 is 5.71 Å². The van der Waals surface area contributed by atoms with E-state index in [1.807, 2.05) is 0 Å². The highest BCUT2D eigenvalue weighted by atomic mass is 14.8. The van der Waals surface area contributed by atoms with Gasteiger partial charge in [-0.15, -0.1) is 0 Å². The van der Waals surface area contributed by atoms with Crippen molar-refractivity contribution in [3.05, 3.63) is 34.9 Å². The third-order valence-electron chi connectivity index (χ3n) is 2.64. The second-order valence-corrected chi connectivity index (χ2v) is 3.70. The molecular weight excluding hydrogens is 158 g/mol. The van der Waals surface area contributed by atoms with Gasteiger partial charge in [0.15, 0.2) is 0 Å². The molecule has 0 spiro atoms. The molecule has 1 aromatic rings. The maximum Gasteiger partial charge on any atom is 0.0426 e. The van der Waals surface area contributed by atoms with Gasteiger partial charge in [0.2, 0.25) is 0 Å². The Balaban J connectivity index is 2.49. The zero-order chi connectivity index (χ0) is 9.26. The van der Waals surface area contributed by atoms with E-state index in [4.69, 9.17) is 0 Å². The van der Waals surface area contributed by atoms with Crippen LogP contribution in [0.4, 0.5) is 0 Å². The molecule has 0 radical (unpaired) electrons. The molecular formula is C12H15N. The first-order valence-corrected chi connectivity index (χ1v) is 4.89. The van der Waals surface area contributed by atoms with Crippen molar-refractivity contribution in [1.82, 2.24) is 0 Å². The van der Waals surface area contributed by atoms with Crippen molar-refractivity contribution in [2.75, 3.05) is 6.54 Å². The van der Waals surface area contributed by atoms with Crippen LogP contribution in [0.15, 0.2) is 23.2 Å². The summed E-state index contributed by atoms with van der Waals surface area (Å²) in [5.74, 6) is 0. The lowest BCUT2D eigenvalue weighted by atomic mass is 9.97. The minimum absolute atomic E-state index is 1.02. The van der Waals surface area contributed by atoms with Crippen LogP contribution in [0.2, 0.25) is 0 Å². The number of hydrogen-bond acceptors (Lipinski definition) is 1. The Morgan fingerprint density at radius 1 is 1.15 bits per heavy atom. The molecule has 0 amide bonds. The van der Waals surface area contributed by atoms with Crippen molar-refractivity contribution < 1.29 is 0 Å². The number of aryl methyl sites for hydroxylation is 2. The third kappa shape index (κ3) is 1.51. The summed E-state index contributed by atoms with van der Waals surface area (Å²) >= 11 is 0. The molecule has 2 rings (SSSR count). The highest BCUT2D eigenvalue weighted by molar-refractivity contribution is 6.03. The fourth-order valence-corrected chi connectivity index (χ4v) is 2.01. The monoisotopic (exact) mass is 173 g/mol. The molecule has 0 unspecified atom stereocenters. The van der Waals surface area contributed by atoms with Crippen molar-refractivity contribution in [2.45, 2.75) is 26.7 Å². The van der Waals surface area contributed by atoms with E-state index in [0.717, 1.165) is 13.0 Å². The molecule has 0 saturated heterocycles. The molecule has 13 heavy (non-hydrogen) atoms. The van der Waals surface area contributed by atoms with Gasteiger partial charge in [0.05, 0.1) is 0 Å². The summed E-state index contributed by atoms with van der Waals surface area (Å²) in [7, 11) is 0.